The number of nitrogens with one attached hydrogen (secondary N) is 1. The van der Waals surface area contributed by atoms with Gasteiger partial charge >= 0.3 is 6.18 Å². The number of benzene rings is 2. The highest BCUT2D eigenvalue weighted by Crippen LogP contribution is 2.32. The Balaban J connectivity index is 1.34. The van der Waals surface area contributed by atoms with Gasteiger partial charge in [0.15, 0.2) is 29.1 Å². The number of aromatic nitrogens is 4. The maximum Gasteiger partial charge on any atom is 0.416 e. The number of amides is 1. The van der Waals surface area contributed by atoms with Crippen molar-refractivity contribution >= 4 is 11.6 Å². The number of methoxy groups -OCH3 is 2. The number of hydrogen-bond donors (Lipinski definition) is 1. The predicted octanol–water partition coefficient (Wildman–Crippen LogP) is 3.79. The number of nitrogens with zero attached hydrogens (tertiary/aromatic N) is 4. The fourth-order valence-electron chi connectivity index (χ4n) is 3.48. The van der Waals surface area contributed by atoms with Gasteiger partial charge < -0.3 is 24.3 Å². The lowest BCUT2D eigenvalue weighted by atomic mass is 10.2. The van der Waals surface area contributed by atoms with Gasteiger partial charge in [0.1, 0.15) is 12.4 Å². The van der Waals surface area contributed by atoms with Gasteiger partial charge in [0.25, 0.3) is 5.91 Å². The quantitative estimate of drug-likeness (QED) is 0.308. The molecule has 0 fully saturated rings. The molecule has 10 nitrogen and oxygen atoms in total. The van der Waals surface area contributed by atoms with Crippen LogP contribution in [0.15, 0.2) is 54.6 Å². The minimum atomic E-state index is -4.51. The van der Waals surface area contributed by atoms with Crippen LogP contribution in [0.1, 0.15) is 12.5 Å². The smallest absolute Gasteiger partial charge is 0.416 e. The fraction of sp³-hybridized carbons (Fsp3) is 0.280. The fourth-order valence-corrected chi connectivity index (χ4v) is 3.48. The van der Waals surface area contributed by atoms with E-state index in [2.05, 4.69) is 20.6 Å². The van der Waals surface area contributed by atoms with Crippen molar-refractivity contribution in [1.29, 1.82) is 0 Å². The first kappa shape index (κ1) is 26.5. The van der Waals surface area contributed by atoms with Gasteiger partial charge in [-0.1, -0.05) is 6.07 Å². The number of carbonyl (C=O) groups excluding carboxylic acids is 1. The van der Waals surface area contributed by atoms with Gasteiger partial charge in [-0.3, -0.25) is 4.79 Å². The Morgan fingerprint density at radius 2 is 1.82 bits per heavy atom. The molecule has 2 aromatic heterocycles. The summed E-state index contributed by atoms with van der Waals surface area (Å²) in [5.41, 5.74) is 0.334. The van der Waals surface area contributed by atoms with Crippen molar-refractivity contribution in [3.63, 3.8) is 0 Å². The Morgan fingerprint density at radius 3 is 2.55 bits per heavy atom. The molecule has 0 saturated carbocycles. The molecule has 13 heteroatoms. The molecule has 4 rings (SSSR count). The molecule has 2 heterocycles. The number of carbonyl (C=O) groups is 1. The van der Waals surface area contributed by atoms with Gasteiger partial charge in [0, 0.05) is 11.6 Å². The molecule has 2 aromatic carbocycles. The molecule has 0 aliphatic carbocycles. The minimum Gasteiger partial charge on any atom is -0.493 e. The molecule has 0 aliphatic heterocycles. The van der Waals surface area contributed by atoms with E-state index in [-0.39, 0.29) is 24.8 Å². The topological polar surface area (TPSA) is 109 Å². The third kappa shape index (κ3) is 6.05. The van der Waals surface area contributed by atoms with Crippen LogP contribution in [0, 0.1) is 0 Å². The minimum absolute atomic E-state index is 0.0598. The standard InChI is InChI=1S/C25H24F3N5O5/c1-15(38-18-6-4-5-17(14-18)25(26,27)28)24(34)29-11-12-37-22-10-9-21-30-31-23(33(21)32-22)16-7-8-19(35-2)20(13-16)36-3/h4-10,13-15H,11-12H2,1-3H3,(H,29,34). The summed E-state index contributed by atoms with van der Waals surface area (Å²) in [5, 5.41) is 15.3. The highest BCUT2D eigenvalue weighted by Gasteiger charge is 2.31. The maximum atomic E-state index is 12.9. The summed E-state index contributed by atoms with van der Waals surface area (Å²) < 4.78 is 61.7. The van der Waals surface area contributed by atoms with E-state index in [4.69, 9.17) is 18.9 Å². The number of halogens is 3. The molecular formula is C25H24F3N5O5. The van der Waals surface area contributed by atoms with E-state index in [9.17, 15) is 18.0 Å². The van der Waals surface area contributed by atoms with Crippen molar-refractivity contribution < 1.29 is 36.9 Å². The maximum absolute atomic E-state index is 12.9. The van der Waals surface area contributed by atoms with Gasteiger partial charge in [-0.15, -0.1) is 15.3 Å². The van der Waals surface area contributed by atoms with Crippen LogP contribution in [0.2, 0.25) is 0 Å². The molecule has 1 unspecified atom stereocenters. The second-order valence-corrected chi connectivity index (χ2v) is 7.96. The lowest BCUT2D eigenvalue weighted by Gasteiger charge is -2.16. The third-order valence-electron chi connectivity index (χ3n) is 5.37. The molecule has 0 spiro atoms. The molecule has 0 aliphatic rings. The van der Waals surface area contributed by atoms with Crippen LogP contribution in [-0.4, -0.2) is 59.2 Å². The van der Waals surface area contributed by atoms with E-state index >= 15 is 0 Å². The van der Waals surface area contributed by atoms with Crippen LogP contribution in [0.4, 0.5) is 13.2 Å². The second-order valence-electron chi connectivity index (χ2n) is 7.96. The number of rotatable bonds is 10. The molecule has 0 radical (unpaired) electrons. The van der Waals surface area contributed by atoms with E-state index in [0.717, 1.165) is 12.1 Å². The summed E-state index contributed by atoms with van der Waals surface area (Å²) in [6.07, 6.45) is -5.53. The van der Waals surface area contributed by atoms with Crippen molar-refractivity contribution in [2.24, 2.45) is 0 Å². The average Bonchev–Trinajstić information content (AvgIpc) is 3.33. The summed E-state index contributed by atoms with van der Waals surface area (Å²) in [4.78, 5) is 12.3. The zero-order valence-electron chi connectivity index (χ0n) is 20.7. The highest BCUT2D eigenvalue weighted by molar-refractivity contribution is 5.80. The normalized spacial score (nSPS) is 12.2. The Labute approximate surface area is 215 Å². The lowest BCUT2D eigenvalue weighted by Crippen LogP contribution is -2.38. The van der Waals surface area contributed by atoms with Crippen molar-refractivity contribution in [2.45, 2.75) is 19.2 Å². The number of ether oxygens (including phenoxy) is 4. The summed E-state index contributed by atoms with van der Waals surface area (Å²) in [7, 11) is 3.08. The van der Waals surface area contributed by atoms with Crippen molar-refractivity contribution in [1.82, 2.24) is 25.1 Å². The lowest BCUT2D eigenvalue weighted by molar-refractivity contribution is -0.137. The van der Waals surface area contributed by atoms with E-state index < -0.39 is 23.8 Å². The molecule has 1 atom stereocenters. The van der Waals surface area contributed by atoms with E-state index in [1.807, 2.05) is 0 Å². The van der Waals surface area contributed by atoms with Gasteiger partial charge in [-0.05, 0) is 49.4 Å². The highest BCUT2D eigenvalue weighted by atomic mass is 19.4. The van der Waals surface area contributed by atoms with Crippen LogP contribution in [0.5, 0.6) is 23.1 Å². The molecule has 38 heavy (non-hydrogen) atoms. The molecule has 0 bridgehead atoms. The first-order valence-corrected chi connectivity index (χ1v) is 11.4. The SMILES string of the molecule is COc1ccc(-c2nnc3ccc(OCCNC(=O)C(C)Oc4cccc(C(F)(F)F)c4)nn23)cc1OC. The zero-order valence-corrected chi connectivity index (χ0v) is 20.7. The zero-order chi connectivity index (χ0) is 27.3. The van der Waals surface area contributed by atoms with E-state index in [0.29, 0.717) is 28.5 Å². The number of fused-ring (bicyclic) bond motifs is 1. The number of hydrogen-bond acceptors (Lipinski definition) is 8. The average molecular weight is 531 g/mol. The van der Waals surface area contributed by atoms with Crippen LogP contribution >= 0.6 is 0 Å². The Kier molecular flexibility index (Phi) is 7.84. The van der Waals surface area contributed by atoms with Crippen LogP contribution in [0.25, 0.3) is 17.0 Å². The monoisotopic (exact) mass is 531 g/mol. The largest absolute Gasteiger partial charge is 0.493 e. The van der Waals surface area contributed by atoms with Crippen molar-refractivity contribution in [3.05, 3.63) is 60.2 Å². The van der Waals surface area contributed by atoms with Gasteiger partial charge in [-0.2, -0.15) is 17.7 Å². The second kappa shape index (κ2) is 11.2. The van der Waals surface area contributed by atoms with Crippen LogP contribution < -0.4 is 24.3 Å². The summed E-state index contributed by atoms with van der Waals surface area (Å²) >= 11 is 0. The molecule has 4 aromatic rings. The molecule has 200 valence electrons. The summed E-state index contributed by atoms with van der Waals surface area (Å²) in [5.74, 6) is 1.25. The Bertz CT molecular complexity index is 1430. The van der Waals surface area contributed by atoms with Gasteiger partial charge in [0.05, 0.1) is 26.3 Å². The summed E-state index contributed by atoms with van der Waals surface area (Å²) in [6, 6.07) is 12.9. The Morgan fingerprint density at radius 1 is 1.03 bits per heavy atom. The van der Waals surface area contributed by atoms with E-state index in [1.165, 1.54) is 30.7 Å². The molecule has 0 saturated heterocycles. The van der Waals surface area contributed by atoms with E-state index in [1.54, 1.807) is 37.4 Å². The number of alkyl halides is 3. The first-order valence-electron chi connectivity index (χ1n) is 11.4. The van der Waals surface area contributed by atoms with Crippen molar-refractivity contribution in [3.8, 4) is 34.5 Å². The molecule has 1 N–H and O–H groups in total. The van der Waals surface area contributed by atoms with Gasteiger partial charge in [-0.25, -0.2) is 0 Å². The van der Waals surface area contributed by atoms with Crippen LogP contribution in [-0.2, 0) is 11.0 Å². The predicted molar refractivity (Wildman–Crippen MR) is 129 cm³/mol. The van der Waals surface area contributed by atoms with Gasteiger partial charge in [0.2, 0.25) is 5.88 Å². The molecular weight excluding hydrogens is 507 g/mol. The Hall–Kier alpha value is -4.55. The summed E-state index contributed by atoms with van der Waals surface area (Å²) in [6.45, 7) is 1.63. The first-order chi connectivity index (χ1) is 18.2. The molecule has 1 amide bonds. The third-order valence-corrected chi connectivity index (χ3v) is 5.37. The van der Waals surface area contributed by atoms with Crippen LogP contribution in [0.3, 0.4) is 0 Å². The van der Waals surface area contributed by atoms with Crippen molar-refractivity contribution in [2.75, 3.05) is 27.4 Å².